The minimum absolute atomic E-state index is 0.00459. The number of anilines is 2. The van der Waals surface area contributed by atoms with Crippen LogP contribution in [0, 0.1) is 11.7 Å². The van der Waals surface area contributed by atoms with Crippen LogP contribution >= 0.6 is 0 Å². The molecular formula is C23H27FN4O4S. The SMILES string of the molecule is O=C(NCCS(=O)(=O)N1CCN(c2ccc(F)cc2)CC1)[C@@H]1CC(=O)N(c2ccccc2)C1. The molecular weight excluding hydrogens is 447 g/mol. The first-order valence-corrected chi connectivity index (χ1v) is 12.6. The van der Waals surface area contributed by atoms with Crippen molar-refractivity contribution in [2.75, 3.05) is 54.8 Å². The van der Waals surface area contributed by atoms with E-state index in [2.05, 4.69) is 5.32 Å². The van der Waals surface area contributed by atoms with Crippen molar-refractivity contribution in [2.45, 2.75) is 6.42 Å². The summed E-state index contributed by atoms with van der Waals surface area (Å²) in [5.41, 5.74) is 1.61. The molecule has 2 amide bonds. The molecule has 10 heteroatoms. The van der Waals surface area contributed by atoms with Gasteiger partial charge in [0.15, 0.2) is 0 Å². The molecule has 2 fully saturated rings. The van der Waals surface area contributed by atoms with E-state index in [1.807, 2.05) is 35.2 Å². The van der Waals surface area contributed by atoms with Crippen molar-refractivity contribution in [3.63, 3.8) is 0 Å². The van der Waals surface area contributed by atoms with E-state index in [9.17, 15) is 22.4 Å². The minimum atomic E-state index is -3.52. The number of piperazine rings is 1. The molecule has 2 aliphatic heterocycles. The number of benzene rings is 2. The normalized spacial score (nSPS) is 19.7. The van der Waals surface area contributed by atoms with Crippen molar-refractivity contribution in [3.05, 3.63) is 60.4 Å². The lowest BCUT2D eigenvalue weighted by Crippen LogP contribution is -2.50. The second kappa shape index (κ2) is 9.88. The maximum absolute atomic E-state index is 13.1. The van der Waals surface area contributed by atoms with Crippen LogP contribution in [0.25, 0.3) is 0 Å². The van der Waals surface area contributed by atoms with Crippen LogP contribution in [-0.4, -0.2) is 69.6 Å². The first-order valence-electron chi connectivity index (χ1n) is 10.9. The van der Waals surface area contributed by atoms with E-state index in [0.29, 0.717) is 26.2 Å². The summed E-state index contributed by atoms with van der Waals surface area (Å²) in [4.78, 5) is 28.4. The molecule has 0 aliphatic carbocycles. The molecule has 2 saturated heterocycles. The number of amides is 2. The molecule has 0 unspecified atom stereocenters. The predicted molar refractivity (Wildman–Crippen MR) is 124 cm³/mol. The third-order valence-electron chi connectivity index (χ3n) is 6.05. The molecule has 4 rings (SSSR count). The Morgan fingerprint density at radius 1 is 0.970 bits per heavy atom. The van der Waals surface area contributed by atoms with Crippen molar-refractivity contribution in [1.29, 1.82) is 0 Å². The zero-order chi connectivity index (χ0) is 23.4. The number of nitrogens with zero attached hydrogens (tertiary/aromatic N) is 3. The Labute approximate surface area is 193 Å². The van der Waals surface area contributed by atoms with Gasteiger partial charge in [0.25, 0.3) is 0 Å². The highest BCUT2D eigenvalue weighted by molar-refractivity contribution is 7.89. The van der Waals surface area contributed by atoms with Crippen LogP contribution in [-0.2, 0) is 19.6 Å². The minimum Gasteiger partial charge on any atom is -0.369 e. The van der Waals surface area contributed by atoms with Gasteiger partial charge in [0.1, 0.15) is 5.82 Å². The first kappa shape index (κ1) is 23.2. The maximum Gasteiger partial charge on any atom is 0.227 e. The zero-order valence-electron chi connectivity index (χ0n) is 18.2. The van der Waals surface area contributed by atoms with Crippen molar-refractivity contribution < 1.29 is 22.4 Å². The Hall–Kier alpha value is -2.98. The number of carbonyl (C=O) groups excluding carboxylic acids is 2. The summed E-state index contributed by atoms with van der Waals surface area (Å²) in [6, 6.07) is 15.3. The van der Waals surface area contributed by atoms with Gasteiger partial charge in [0.05, 0.1) is 11.7 Å². The molecule has 0 aromatic heterocycles. The van der Waals surface area contributed by atoms with Gasteiger partial charge < -0.3 is 15.1 Å². The lowest BCUT2D eigenvalue weighted by molar-refractivity contribution is -0.126. The molecule has 176 valence electrons. The number of hydrogen-bond donors (Lipinski definition) is 1. The fourth-order valence-corrected chi connectivity index (χ4v) is 5.53. The van der Waals surface area contributed by atoms with Gasteiger partial charge in [-0.15, -0.1) is 0 Å². The topological polar surface area (TPSA) is 90.0 Å². The highest BCUT2D eigenvalue weighted by Gasteiger charge is 2.35. The summed E-state index contributed by atoms with van der Waals surface area (Å²) in [5, 5.41) is 2.68. The number of sulfonamides is 1. The lowest BCUT2D eigenvalue weighted by Gasteiger charge is -2.35. The fraction of sp³-hybridized carbons (Fsp3) is 0.391. The van der Waals surface area contributed by atoms with Gasteiger partial charge >= 0.3 is 0 Å². The van der Waals surface area contributed by atoms with E-state index < -0.39 is 15.9 Å². The average Bonchev–Trinajstić information content (AvgIpc) is 3.22. The standard InChI is InChI=1S/C23H27FN4O4S/c24-19-6-8-20(9-7-19)26-11-13-27(14-12-26)33(31,32)15-10-25-23(30)18-16-22(29)28(17-18)21-4-2-1-3-5-21/h1-9,18H,10-17H2,(H,25,30)/t18-/m1/s1. The smallest absolute Gasteiger partial charge is 0.227 e. The molecule has 2 aromatic rings. The summed E-state index contributed by atoms with van der Waals surface area (Å²) >= 11 is 0. The molecule has 2 aromatic carbocycles. The van der Waals surface area contributed by atoms with Gasteiger partial charge in [0.2, 0.25) is 21.8 Å². The van der Waals surface area contributed by atoms with Gasteiger partial charge in [-0.2, -0.15) is 4.31 Å². The number of nitrogens with one attached hydrogen (secondary N) is 1. The van der Waals surface area contributed by atoms with Crippen LogP contribution in [0.1, 0.15) is 6.42 Å². The molecule has 0 radical (unpaired) electrons. The van der Waals surface area contributed by atoms with Gasteiger partial charge in [0, 0.05) is 57.1 Å². The Bertz CT molecular complexity index is 1090. The number of hydrogen-bond acceptors (Lipinski definition) is 5. The summed E-state index contributed by atoms with van der Waals surface area (Å²) in [6.45, 7) is 1.96. The molecule has 2 aliphatic rings. The summed E-state index contributed by atoms with van der Waals surface area (Å²) in [7, 11) is -3.52. The van der Waals surface area contributed by atoms with Crippen molar-refractivity contribution in [3.8, 4) is 0 Å². The van der Waals surface area contributed by atoms with Crippen LogP contribution in [0.4, 0.5) is 15.8 Å². The van der Waals surface area contributed by atoms with Crippen LogP contribution in [0.2, 0.25) is 0 Å². The Kier molecular flexibility index (Phi) is 6.94. The largest absolute Gasteiger partial charge is 0.369 e. The average molecular weight is 475 g/mol. The molecule has 1 atom stereocenters. The monoisotopic (exact) mass is 474 g/mol. The van der Waals surface area contributed by atoms with Gasteiger partial charge in [-0.25, -0.2) is 12.8 Å². The van der Waals surface area contributed by atoms with Gasteiger partial charge in [-0.1, -0.05) is 18.2 Å². The maximum atomic E-state index is 13.1. The highest BCUT2D eigenvalue weighted by atomic mass is 32.2. The summed E-state index contributed by atoms with van der Waals surface area (Å²) < 4.78 is 40.0. The van der Waals surface area contributed by atoms with E-state index in [1.165, 1.54) is 16.4 Å². The van der Waals surface area contributed by atoms with Crippen LogP contribution < -0.4 is 15.1 Å². The van der Waals surface area contributed by atoms with Crippen LogP contribution in [0.5, 0.6) is 0 Å². The molecule has 0 saturated carbocycles. The molecule has 0 spiro atoms. The van der Waals surface area contributed by atoms with E-state index in [0.717, 1.165) is 11.4 Å². The lowest BCUT2D eigenvalue weighted by atomic mass is 10.1. The van der Waals surface area contributed by atoms with E-state index in [-0.39, 0.29) is 42.9 Å². The molecule has 1 N–H and O–H groups in total. The number of rotatable bonds is 7. The third-order valence-corrected chi connectivity index (χ3v) is 7.92. The molecule has 8 nitrogen and oxygen atoms in total. The highest BCUT2D eigenvalue weighted by Crippen LogP contribution is 2.25. The van der Waals surface area contributed by atoms with Gasteiger partial charge in [-0.3, -0.25) is 9.59 Å². The number of carbonyl (C=O) groups is 2. The number of para-hydroxylation sites is 1. The Morgan fingerprint density at radius 3 is 2.30 bits per heavy atom. The molecule has 2 heterocycles. The first-order chi connectivity index (χ1) is 15.8. The zero-order valence-corrected chi connectivity index (χ0v) is 19.0. The third kappa shape index (κ3) is 5.51. The molecule has 33 heavy (non-hydrogen) atoms. The predicted octanol–water partition coefficient (Wildman–Crippen LogP) is 1.45. The van der Waals surface area contributed by atoms with E-state index >= 15 is 0 Å². The summed E-state index contributed by atoms with van der Waals surface area (Å²) in [5.74, 6) is -1.43. The Balaban J connectivity index is 1.23. The van der Waals surface area contributed by atoms with Crippen molar-refractivity contribution in [2.24, 2.45) is 5.92 Å². The van der Waals surface area contributed by atoms with E-state index in [4.69, 9.17) is 0 Å². The van der Waals surface area contributed by atoms with Crippen molar-refractivity contribution in [1.82, 2.24) is 9.62 Å². The summed E-state index contributed by atoms with van der Waals surface area (Å²) in [6.07, 6.45) is 0.110. The second-order valence-electron chi connectivity index (χ2n) is 8.21. The quantitative estimate of drug-likeness (QED) is 0.656. The second-order valence-corrected chi connectivity index (χ2v) is 10.3. The van der Waals surface area contributed by atoms with Crippen LogP contribution in [0.15, 0.2) is 54.6 Å². The molecule has 0 bridgehead atoms. The Morgan fingerprint density at radius 2 is 1.64 bits per heavy atom. The van der Waals surface area contributed by atoms with Crippen molar-refractivity contribution >= 4 is 33.2 Å². The number of halogens is 1. The fourth-order valence-electron chi connectivity index (χ4n) is 4.19. The van der Waals surface area contributed by atoms with E-state index in [1.54, 1.807) is 17.0 Å². The van der Waals surface area contributed by atoms with Crippen LogP contribution in [0.3, 0.4) is 0 Å². The van der Waals surface area contributed by atoms with Gasteiger partial charge in [-0.05, 0) is 36.4 Å².